The summed E-state index contributed by atoms with van der Waals surface area (Å²) in [6.07, 6.45) is 5.78. The second-order valence-electron chi connectivity index (χ2n) is 7.03. The molecular formula is C17H21N7O2. The van der Waals surface area contributed by atoms with Crippen LogP contribution in [0.3, 0.4) is 0 Å². The second-order valence-corrected chi connectivity index (χ2v) is 7.03. The highest BCUT2D eigenvalue weighted by molar-refractivity contribution is 6.09. The molecule has 136 valence electrons. The van der Waals surface area contributed by atoms with Crippen LogP contribution in [0.4, 0.5) is 5.82 Å². The van der Waals surface area contributed by atoms with Crippen molar-refractivity contribution in [2.75, 3.05) is 5.32 Å². The number of hydrogen-bond acceptors (Lipinski definition) is 7. The van der Waals surface area contributed by atoms with E-state index in [0.717, 1.165) is 12.8 Å². The van der Waals surface area contributed by atoms with Gasteiger partial charge in [0.15, 0.2) is 5.82 Å². The maximum Gasteiger partial charge on any atom is 0.253 e. The molecule has 0 saturated heterocycles. The molecule has 3 aromatic rings. The molecule has 0 bridgehead atoms. The van der Waals surface area contributed by atoms with Crippen molar-refractivity contribution in [1.82, 2.24) is 24.7 Å². The zero-order valence-electron chi connectivity index (χ0n) is 15.0. The highest BCUT2D eigenvalue weighted by atomic mass is 16.3. The van der Waals surface area contributed by atoms with Gasteiger partial charge >= 0.3 is 0 Å². The van der Waals surface area contributed by atoms with E-state index in [1.54, 1.807) is 18.1 Å². The van der Waals surface area contributed by atoms with Gasteiger partial charge in [-0.25, -0.2) is 15.0 Å². The predicted octanol–water partition coefficient (Wildman–Crippen LogP) is 1.96. The molecule has 0 aliphatic heterocycles. The van der Waals surface area contributed by atoms with Crippen molar-refractivity contribution in [2.45, 2.75) is 44.6 Å². The Morgan fingerprint density at radius 3 is 2.77 bits per heavy atom. The van der Waals surface area contributed by atoms with Crippen molar-refractivity contribution in [1.29, 1.82) is 0 Å². The average molecular weight is 355 g/mol. The Balaban J connectivity index is 1.90. The van der Waals surface area contributed by atoms with Gasteiger partial charge in [0, 0.05) is 12.6 Å². The summed E-state index contributed by atoms with van der Waals surface area (Å²) in [6, 6.07) is 0. The third-order valence-corrected chi connectivity index (χ3v) is 4.84. The minimum atomic E-state index is -0.577. The number of fused-ring (bicyclic) bond motifs is 1. The number of nitrogens with zero attached hydrogens (tertiary/aromatic N) is 5. The van der Waals surface area contributed by atoms with Crippen LogP contribution in [0, 0.1) is 0 Å². The van der Waals surface area contributed by atoms with E-state index in [9.17, 15) is 4.79 Å². The lowest BCUT2D eigenvalue weighted by Gasteiger charge is -2.13. The molecule has 26 heavy (non-hydrogen) atoms. The van der Waals surface area contributed by atoms with Crippen molar-refractivity contribution in [3.63, 3.8) is 0 Å². The molecular weight excluding hydrogens is 334 g/mol. The van der Waals surface area contributed by atoms with Gasteiger partial charge in [0.25, 0.3) is 5.91 Å². The molecule has 1 aliphatic carbocycles. The Hall–Kier alpha value is -2.97. The Bertz CT molecular complexity index is 986. The van der Waals surface area contributed by atoms with Crippen LogP contribution in [0.2, 0.25) is 0 Å². The number of aryl methyl sites for hydroxylation is 1. The second kappa shape index (κ2) is 5.79. The lowest BCUT2D eigenvalue weighted by molar-refractivity contribution is 0.0999. The topological polar surface area (TPSA) is 125 Å². The molecule has 4 rings (SSSR count). The van der Waals surface area contributed by atoms with Gasteiger partial charge in [-0.2, -0.15) is 5.10 Å². The number of nitrogens with one attached hydrogen (secondary N) is 1. The fraction of sp³-hybridized carbons (Fsp3) is 0.471. The summed E-state index contributed by atoms with van der Waals surface area (Å²) in [6.45, 7) is 4.09. The van der Waals surface area contributed by atoms with E-state index in [-0.39, 0.29) is 11.5 Å². The summed E-state index contributed by atoms with van der Waals surface area (Å²) in [4.78, 5) is 25.2. The van der Waals surface area contributed by atoms with Crippen molar-refractivity contribution in [3.05, 3.63) is 29.8 Å². The summed E-state index contributed by atoms with van der Waals surface area (Å²) >= 11 is 0. The maximum absolute atomic E-state index is 12.3. The number of anilines is 1. The first-order valence-electron chi connectivity index (χ1n) is 8.63. The smallest absolute Gasteiger partial charge is 0.253 e. The Morgan fingerprint density at radius 1 is 1.42 bits per heavy atom. The Labute approximate surface area is 150 Å². The number of furan rings is 1. The molecule has 1 saturated carbocycles. The van der Waals surface area contributed by atoms with Gasteiger partial charge in [-0.05, 0) is 26.2 Å². The van der Waals surface area contributed by atoms with Crippen LogP contribution in [0.25, 0.3) is 11.1 Å². The van der Waals surface area contributed by atoms with Crippen LogP contribution in [0.1, 0.15) is 61.0 Å². The normalized spacial score (nSPS) is 16.6. The number of amides is 1. The van der Waals surface area contributed by atoms with Crippen LogP contribution < -0.4 is 11.1 Å². The van der Waals surface area contributed by atoms with E-state index >= 15 is 0 Å². The van der Waals surface area contributed by atoms with Gasteiger partial charge in [0.2, 0.25) is 5.71 Å². The monoisotopic (exact) mass is 355 g/mol. The number of carbonyl (C=O) groups excluding carboxylic acids is 1. The van der Waals surface area contributed by atoms with Gasteiger partial charge in [-0.1, -0.05) is 6.92 Å². The first-order chi connectivity index (χ1) is 12.4. The number of hydrogen-bond donors (Lipinski definition) is 2. The lowest BCUT2D eigenvalue weighted by Crippen LogP contribution is -2.19. The zero-order chi connectivity index (χ0) is 18.5. The number of nitrogens with two attached hydrogens (primary N) is 1. The quantitative estimate of drug-likeness (QED) is 0.692. The number of aromatic nitrogens is 5. The van der Waals surface area contributed by atoms with Crippen LogP contribution in [0.5, 0.6) is 0 Å². The molecule has 0 spiro atoms. The highest BCUT2D eigenvalue weighted by Gasteiger charge is 2.39. The fourth-order valence-corrected chi connectivity index (χ4v) is 3.13. The van der Waals surface area contributed by atoms with Crippen LogP contribution in [-0.2, 0) is 7.05 Å². The van der Waals surface area contributed by atoms with Crippen LogP contribution >= 0.6 is 0 Å². The van der Waals surface area contributed by atoms with Gasteiger partial charge in [0.05, 0.1) is 16.9 Å². The molecule has 0 aromatic carbocycles. The SMILES string of the molecule is CCC(c1ncn(C)n1)c1oc2ncnc(NC3(C)CC3)c2c1C(N)=O. The van der Waals surface area contributed by atoms with E-state index < -0.39 is 5.91 Å². The third kappa shape index (κ3) is 2.69. The summed E-state index contributed by atoms with van der Waals surface area (Å²) < 4.78 is 7.59. The summed E-state index contributed by atoms with van der Waals surface area (Å²) in [5.41, 5.74) is 6.34. The standard InChI is InChI=1S/C17H21N7O2/c1-4-9(14-21-8-24(3)23-14)12-10(13(18)25)11-15(22-17(2)5-6-17)19-7-20-16(11)26-12/h7-9H,4-6H2,1-3H3,(H2,18,25)(H,19,20,22). The molecule has 3 heterocycles. The highest BCUT2D eigenvalue weighted by Crippen LogP contribution is 2.41. The fourth-order valence-electron chi connectivity index (χ4n) is 3.13. The van der Waals surface area contributed by atoms with Gasteiger partial charge < -0.3 is 15.5 Å². The molecule has 0 radical (unpaired) electrons. The van der Waals surface area contributed by atoms with Gasteiger partial charge in [-0.15, -0.1) is 0 Å². The average Bonchev–Trinajstić information content (AvgIpc) is 3.00. The summed E-state index contributed by atoms with van der Waals surface area (Å²) in [5, 5.41) is 8.28. The number of primary amides is 1. The lowest BCUT2D eigenvalue weighted by atomic mass is 9.97. The van der Waals surface area contributed by atoms with Crippen LogP contribution in [-0.4, -0.2) is 36.2 Å². The molecule has 3 aromatic heterocycles. The summed E-state index contributed by atoms with van der Waals surface area (Å²) in [5.74, 6) is 0.714. The van der Waals surface area contributed by atoms with Gasteiger partial charge in [-0.3, -0.25) is 9.48 Å². The first kappa shape index (κ1) is 16.5. The van der Waals surface area contributed by atoms with Gasteiger partial charge in [0.1, 0.15) is 24.2 Å². The minimum absolute atomic E-state index is 0.0136. The first-order valence-corrected chi connectivity index (χ1v) is 8.63. The van der Waals surface area contributed by atoms with E-state index in [0.29, 0.717) is 40.5 Å². The van der Waals surface area contributed by atoms with Crippen molar-refractivity contribution >= 4 is 22.8 Å². The molecule has 1 aliphatic rings. The predicted molar refractivity (Wildman–Crippen MR) is 94.7 cm³/mol. The van der Waals surface area contributed by atoms with Crippen molar-refractivity contribution < 1.29 is 9.21 Å². The molecule has 1 unspecified atom stereocenters. The molecule has 9 nitrogen and oxygen atoms in total. The van der Waals surface area contributed by atoms with Crippen molar-refractivity contribution in [2.24, 2.45) is 12.8 Å². The number of rotatable bonds is 6. The number of carbonyl (C=O) groups is 1. The Kier molecular flexibility index (Phi) is 3.67. The zero-order valence-corrected chi connectivity index (χ0v) is 15.0. The molecule has 1 fully saturated rings. The van der Waals surface area contributed by atoms with E-state index in [1.807, 2.05) is 6.92 Å². The summed E-state index contributed by atoms with van der Waals surface area (Å²) in [7, 11) is 1.79. The van der Waals surface area contributed by atoms with E-state index in [1.165, 1.54) is 6.33 Å². The third-order valence-electron chi connectivity index (χ3n) is 4.84. The molecule has 1 amide bonds. The molecule has 3 N–H and O–H groups in total. The molecule has 9 heteroatoms. The molecule has 1 atom stereocenters. The largest absolute Gasteiger partial charge is 0.441 e. The Morgan fingerprint density at radius 2 is 2.19 bits per heavy atom. The maximum atomic E-state index is 12.3. The van der Waals surface area contributed by atoms with Crippen molar-refractivity contribution in [3.8, 4) is 0 Å². The van der Waals surface area contributed by atoms with Crippen LogP contribution in [0.15, 0.2) is 17.1 Å². The van der Waals surface area contributed by atoms with E-state index in [4.69, 9.17) is 10.2 Å². The minimum Gasteiger partial charge on any atom is -0.441 e. The van der Waals surface area contributed by atoms with E-state index in [2.05, 4.69) is 32.3 Å².